The molecule has 17 heavy (non-hydrogen) atoms. The second-order valence-electron chi connectivity index (χ2n) is 4.43. The summed E-state index contributed by atoms with van der Waals surface area (Å²) in [7, 11) is 0. The fourth-order valence-electron chi connectivity index (χ4n) is 2.33. The quantitative estimate of drug-likeness (QED) is 0.610. The van der Waals surface area contributed by atoms with Crippen LogP contribution in [0.1, 0.15) is 36.4 Å². The highest BCUT2D eigenvalue weighted by atomic mass is 16.6. The number of aromatic hydroxyl groups is 1. The van der Waals surface area contributed by atoms with E-state index in [4.69, 9.17) is 0 Å². The van der Waals surface area contributed by atoms with Crippen molar-refractivity contribution in [1.29, 1.82) is 0 Å². The molecule has 0 unspecified atom stereocenters. The number of phenols is 1. The van der Waals surface area contributed by atoms with Crippen LogP contribution in [0, 0.1) is 17.0 Å². The van der Waals surface area contributed by atoms with E-state index in [1.807, 2.05) is 0 Å². The van der Waals surface area contributed by atoms with E-state index in [9.17, 15) is 15.2 Å². The summed E-state index contributed by atoms with van der Waals surface area (Å²) in [5.74, 6) is -0.186. The van der Waals surface area contributed by atoms with Crippen LogP contribution in [0.5, 0.6) is 5.75 Å². The zero-order valence-corrected chi connectivity index (χ0v) is 9.77. The van der Waals surface area contributed by atoms with Crippen molar-refractivity contribution >= 4 is 5.69 Å². The van der Waals surface area contributed by atoms with Gasteiger partial charge in [0.05, 0.1) is 4.92 Å². The van der Waals surface area contributed by atoms with Gasteiger partial charge in [0.25, 0.3) is 0 Å². The third-order valence-electron chi connectivity index (χ3n) is 3.25. The molecule has 2 rings (SSSR count). The standard InChI is InChI=1S/C12H16N2O3/c1-8-5-6-9(10-4-2-3-7-13-10)12(15)11(8)14(16)17/h5-6,10,13,15H,2-4,7H2,1H3/t10-/m0/s1. The number of nitrogens with one attached hydrogen (secondary N) is 1. The summed E-state index contributed by atoms with van der Waals surface area (Å²) in [5.41, 5.74) is 0.962. The number of piperidine rings is 1. The lowest BCUT2D eigenvalue weighted by atomic mass is 9.95. The predicted molar refractivity (Wildman–Crippen MR) is 64.1 cm³/mol. The van der Waals surface area contributed by atoms with E-state index in [1.54, 1.807) is 19.1 Å². The Hall–Kier alpha value is -1.62. The van der Waals surface area contributed by atoms with E-state index >= 15 is 0 Å². The van der Waals surface area contributed by atoms with E-state index in [-0.39, 0.29) is 17.5 Å². The van der Waals surface area contributed by atoms with Crippen molar-refractivity contribution in [2.45, 2.75) is 32.2 Å². The van der Waals surface area contributed by atoms with Gasteiger partial charge in [-0.2, -0.15) is 0 Å². The Morgan fingerprint density at radius 3 is 2.82 bits per heavy atom. The highest BCUT2D eigenvalue weighted by Gasteiger charge is 2.25. The topological polar surface area (TPSA) is 75.4 Å². The molecule has 1 aromatic carbocycles. The Morgan fingerprint density at radius 1 is 1.47 bits per heavy atom. The van der Waals surface area contributed by atoms with E-state index in [0.29, 0.717) is 11.1 Å². The van der Waals surface area contributed by atoms with Gasteiger partial charge in [-0.25, -0.2) is 0 Å². The molecule has 0 spiro atoms. The van der Waals surface area contributed by atoms with Crippen molar-refractivity contribution in [3.05, 3.63) is 33.4 Å². The maximum atomic E-state index is 10.9. The van der Waals surface area contributed by atoms with Crippen LogP contribution < -0.4 is 5.32 Å². The minimum absolute atomic E-state index is 0.0306. The highest BCUT2D eigenvalue weighted by Crippen LogP contribution is 2.38. The molecule has 1 aromatic rings. The first-order valence-corrected chi connectivity index (χ1v) is 5.81. The molecular formula is C12H16N2O3. The zero-order chi connectivity index (χ0) is 12.4. The third kappa shape index (κ3) is 2.24. The molecule has 0 amide bonds. The molecule has 5 heteroatoms. The van der Waals surface area contributed by atoms with Crippen LogP contribution in [-0.2, 0) is 0 Å². The Kier molecular flexibility index (Phi) is 3.28. The summed E-state index contributed by atoms with van der Waals surface area (Å²) in [4.78, 5) is 10.4. The van der Waals surface area contributed by atoms with Crippen LogP contribution in [0.4, 0.5) is 5.69 Å². The molecule has 2 N–H and O–H groups in total. The molecule has 1 heterocycles. The van der Waals surface area contributed by atoms with Crippen molar-refractivity contribution in [2.75, 3.05) is 6.54 Å². The molecular weight excluding hydrogens is 220 g/mol. The molecule has 1 aliphatic heterocycles. The molecule has 1 saturated heterocycles. The van der Waals surface area contributed by atoms with Gasteiger partial charge in [-0.15, -0.1) is 0 Å². The lowest BCUT2D eigenvalue weighted by Gasteiger charge is -2.24. The summed E-state index contributed by atoms with van der Waals surface area (Å²) < 4.78 is 0. The maximum Gasteiger partial charge on any atom is 0.313 e. The maximum absolute atomic E-state index is 10.9. The normalized spacial score (nSPS) is 20.2. The van der Waals surface area contributed by atoms with Gasteiger partial charge in [0.1, 0.15) is 0 Å². The Morgan fingerprint density at radius 2 is 2.24 bits per heavy atom. The Labute approximate surface area is 99.6 Å². The Balaban J connectivity index is 2.41. The molecule has 0 aromatic heterocycles. The van der Waals surface area contributed by atoms with Gasteiger partial charge >= 0.3 is 5.69 Å². The molecule has 0 saturated carbocycles. The molecule has 5 nitrogen and oxygen atoms in total. The van der Waals surface area contributed by atoms with E-state index in [0.717, 1.165) is 25.8 Å². The predicted octanol–water partition coefficient (Wildman–Crippen LogP) is 2.42. The Bertz CT molecular complexity index is 440. The number of hydrogen-bond donors (Lipinski definition) is 2. The number of aryl methyl sites for hydroxylation is 1. The van der Waals surface area contributed by atoms with Crippen LogP contribution in [0.15, 0.2) is 12.1 Å². The van der Waals surface area contributed by atoms with Gasteiger partial charge in [0.2, 0.25) is 0 Å². The second-order valence-corrected chi connectivity index (χ2v) is 4.43. The number of benzene rings is 1. The number of nitro benzene ring substituents is 1. The van der Waals surface area contributed by atoms with Gasteiger partial charge in [-0.3, -0.25) is 10.1 Å². The van der Waals surface area contributed by atoms with Crippen molar-refractivity contribution in [3.8, 4) is 5.75 Å². The van der Waals surface area contributed by atoms with Crippen LogP contribution in [-0.4, -0.2) is 16.6 Å². The second kappa shape index (κ2) is 4.71. The highest BCUT2D eigenvalue weighted by molar-refractivity contribution is 5.56. The van der Waals surface area contributed by atoms with E-state index < -0.39 is 4.92 Å². The average molecular weight is 236 g/mol. The fourth-order valence-corrected chi connectivity index (χ4v) is 2.33. The number of hydrogen-bond acceptors (Lipinski definition) is 4. The number of nitro groups is 1. The molecule has 1 fully saturated rings. The van der Waals surface area contributed by atoms with Crippen molar-refractivity contribution in [2.24, 2.45) is 0 Å². The van der Waals surface area contributed by atoms with Gasteiger partial charge in [-0.1, -0.05) is 18.6 Å². The average Bonchev–Trinajstić information content (AvgIpc) is 2.30. The fraction of sp³-hybridized carbons (Fsp3) is 0.500. The van der Waals surface area contributed by atoms with Crippen LogP contribution in [0.2, 0.25) is 0 Å². The lowest BCUT2D eigenvalue weighted by Crippen LogP contribution is -2.26. The molecule has 0 bridgehead atoms. The first-order valence-electron chi connectivity index (χ1n) is 5.81. The SMILES string of the molecule is Cc1ccc([C@@H]2CCCCN2)c(O)c1[N+](=O)[O-]. The monoisotopic (exact) mass is 236 g/mol. The molecule has 0 aliphatic carbocycles. The summed E-state index contributed by atoms with van der Waals surface area (Å²) in [5, 5.41) is 24.2. The van der Waals surface area contributed by atoms with Gasteiger partial charge < -0.3 is 10.4 Å². The van der Waals surface area contributed by atoms with Crippen LogP contribution in [0.25, 0.3) is 0 Å². The minimum atomic E-state index is -0.517. The first-order chi connectivity index (χ1) is 8.11. The summed E-state index contributed by atoms with van der Waals surface area (Å²) >= 11 is 0. The molecule has 0 radical (unpaired) electrons. The van der Waals surface area contributed by atoms with Crippen LogP contribution >= 0.6 is 0 Å². The van der Waals surface area contributed by atoms with Crippen molar-refractivity contribution in [1.82, 2.24) is 5.32 Å². The molecule has 92 valence electrons. The third-order valence-corrected chi connectivity index (χ3v) is 3.25. The number of phenolic OH excluding ortho intramolecular Hbond substituents is 1. The zero-order valence-electron chi connectivity index (χ0n) is 9.77. The van der Waals surface area contributed by atoms with Gasteiger partial charge in [-0.05, 0) is 26.3 Å². The summed E-state index contributed by atoms with van der Waals surface area (Å²) in [6, 6.07) is 3.51. The van der Waals surface area contributed by atoms with E-state index in [1.165, 1.54) is 0 Å². The molecule has 1 aliphatic rings. The van der Waals surface area contributed by atoms with Crippen molar-refractivity contribution < 1.29 is 10.0 Å². The minimum Gasteiger partial charge on any atom is -0.502 e. The van der Waals surface area contributed by atoms with Crippen LogP contribution in [0.3, 0.4) is 0 Å². The smallest absolute Gasteiger partial charge is 0.313 e. The summed E-state index contributed by atoms with van der Waals surface area (Å²) in [6.07, 6.45) is 3.11. The first kappa shape index (κ1) is 11.9. The summed E-state index contributed by atoms with van der Waals surface area (Å²) in [6.45, 7) is 2.53. The largest absolute Gasteiger partial charge is 0.502 e. The van der Waals surface area contributed by atoms with E-state index in [2.05, 4.69) is 5.32 Å². The van der Waals surface area contributed by atoms with Gasteiger partial charge in [0, 0.05) is 17.2 Å². The van der Waals surface area contributed by atoms with Crippen molar-refractivity contribution in [3.63, 3.8) is 0 Å². The lowest BCUT2D eigenvalue weighted by molar-refractivity contribution is -0.386. The van der Waals surface area contributed by atoms with Gasteiger partial charge in [0.15, 0.2) is 5.75 Å². The molecule has 1 atom stereocenters. The number of nitrogens with zero attached hydrogens (tertiary/aromatic N) is 1. The number of rotatable bonds is 2.